The summed E-state index contributed by atoms with van der Waals surface area (Å²) in [5.74, 6) is 0.211. The van der Waals surface area contributed by atoms with Crippen molar-refractivity contribution in [1.29, 1.82) is 0 Å². The lowest BCUT2D eigenvalue weighted by Crippen LogP contribution is -2.41. The molecule has 1 atom stereocenters. The summed E-state index contributed by atoms with van der Waals surface area (Å²) >= 11 is 0. The van der Waals surface area contributed by atoms with Crippen LogP contribution in [0.15, 0.2) is 0 Å². The zero-order chi connectivity index (χ0) is 14.1. The summed E-state index contributed by atoms with van der Waals surface area (Å²) in [7, 11) is 0. The lowest BCUT2D eigenvalue weighted by Gasteiger charge is -2.26. The molecule has 2 N–H and O–H groups in total. The Hall–Kier alpha value is -0.570. The highest BCUT2D eigenvalue weighted by Crippen LogP contribution is 2.22. The number of piperidine rings is 1. The van der Waals surface area contributed by atoms with Crippen molar-refractivity contribution >= 4 is 5.91 Å². The maximum absolute atomic E-state index is 11.9. The van der Waals surface area contributed by atoms with Gasteiger partial charge in [-0.25, -0.2) is 0 Å². The Morgan fingerprint density at radius 1 is 1.32 bits per heavy atom. The van der Waals surface area contributed by atoms with Crippen LogP contribution in [0.5, 0.6) is 0 Å². The van der Waals surface area contributed by atoms with E-state index in [4.69, 9.17) is 0 Å². The average molecular weight is 268 g/mol. The Morgan fingerprint density at radius 3 is 2.74 bits per heavy atom. The molecule has 0 spiro atoms. The molecule has 0 saturated carbocycles. The van der Waals surface area contributed by atoms with Crippen LogP contribution in [0.1, 0.15) is 72.1 Å². The van der Waals surface area contributed by atoms with E-state index in [1.807, 2.05) is 0 Å². The first-order valence-corrected chi connectivity index (χ1v) is 8.03. The highest BCUT2D eigenvalue weighted by atomic mass is 16.1. The Labute approximate surface area is 118 Å². The number of rotatable bonds is 8. The van der Waals surface area contributed by atoms with Gasteiger partial charge in [0.05, 0.1) is 0 Å². The van der Waals surface area contributed by atoms with E-state index in [1.165, 1.54) is 38.5 Å². The molecule has 1 heterocycles. The molecule has 1 aliphatic heterocycles. The van der Waals surface area contributed by atoms with Gasteiger partial charge in [0.25, 0.3) is 0 Å². The molecule has 19 heavy (non-hydrogen) atoms. The van der Waals surface area contributed by atoms with Crippen molar-refractivity contribution in [3.8, 4) is 0 Å². The van der Waals surface area contributed by atoms with Crippen molar-refractivity contribution in [2.45, 2.75) is 78.2 Å². The van der Waals surface area contributed by atoms with Crippen LogP contribution in [-0.2, 0) is 4.79 Å². The monoisotopic (exact) mass is 268 g/mol. The van der Waals surface area contributed by atoms with Gasteiger partial charge in [0.1, 0.15) is 0 Å². The van der Waals surface area contributed by atoms with E-state index in [9.17, 15) is 4.79 Å². The van der Waals surface area contributed by atoms with Gasteiger partial charge in [0.2, 0.25) is 5.91 Å². The number of nitrogens with one attached hydrogen (secondary N) is 2. The molecular weight excluding hydrogens is 236 g/mol. The molecule has 1 unspecified atom stereocenters. The predicted octanol–water partition coefficient (Wildman–Crippen LogP) is 3.24. The minimum atomic E-state index is 0.211. The highest BCUT2D eigenvalue weighted by molar-refractivity contribution is 5.76. The number of carbonyl (C=O) groups is 1. The predicted molar refractivity (Wildman–Crippen MR) is 81.2 cm³/mol. The molecule has 0 aromatic carbocycles. The van der Waals surface area contributed by atoms with Gasteiger partial charge in [-0.2, -0.15) is 0 Å². The number of unbranched alkanes of at least 4 members (excludes halogenated alkanes) is 2. The quantitative estimate of drug-likeness (QED) is 0.664. The van der Waals surface area contributed by atoms with Crippen LogP contribution in [0, 0.1) is 5.41 Å². The van der Waals surface area contributed by atoms with E-state index >= 15 is 0 Å². The van der Waals surface area contributed by atoms with Crippen molar-refractivity contribution in [2.24, 2.45) is 5.41 Å². The van der Waals surface area contributed by atoms with E-state index in [0.717, 1.165) is 19.5 Å². The molecule has 0 aromatic heterocycles. The van der Waals surface area contributed by atoms with Crippen LogP contribution < -0.4 is 10.6 Å². The van der Waals surface area contributed by atoms with E-state index in [0.29, 0.717) is 12.5 Å². The maximum atomic E-state index is 11.9. The van der Waals surface area contributed by atoms with Gasteiger partial charge in [0, 0.05) is 19.0 Å². The minimum absolute atomic E-state index is 0.211. The number of carbonyl (C=O) groups excluding carboxylic acids is 1. The molecule has 1 fully saturated rings. The summed E-state index contributed by atoms with van der Waals surface area (Å²) in [5.41, 5.74) is 0.227. The van der Waals surface area contributed by atoms with E-state index in [2.05, 4.69) is 31.4 Å². The van der Waals surface area contributed by atoms with Crippen LogP contribution in [-0.4, -0.2) is 25.0 Å². The lowest BCUT2D eigenvalue weighted by atomic mass is 9.87. The van der Waals surface area contributed by atoms with Crippen LogP contribution in [0.3, 0.4) is 0 Å². The van der Waals surface area contributed by atoms with Gasteiger partial charge in [-0.15, -0.1) is 0 Å². The second kappa shape index (κ2) is 8.57. The summed E-state index contributed by atoms with van der Waals surface area (Å²) < 4.78 is 0. The third kappa shape index (κ3) is 7.56. The Kier molecular flexibility index (Phi) is 7.44. The molecule has 1 aliphatic rings. The molecule has 0 aromatic rings. The van der Waals surface area contributed by atoms with Crippen molar-refractivity contribution in [3.05, 3.63) is 0 Å². The van der Waals surface area contributed by atoms with Gasteiger partial charge < -0.3 is 10.6 Å². The zero-order valence-electron chi connectivity index (χ0n) is 13.1. The summed E-state index contributed by atoms with van der Waals surface area (Å²) in [4.78, 5) is 11.9. The highest BCUT2D eigenvalue weighted by Gasteiger charge is 2.20. The van der Waals surface area contributed by atoms with Gasteiger partial charge in [-0.3, -0.25) is 4.79 Å². The molecule has 1 rings (SSSR count). The molecule has 1 amide bonds. The number of amides is 1. The summed E-state index contributed by atoms with van der Waals surface area (Å²) in [6.07, 6.45) is 9.32. The topological polar surface area (TPSA) is 41.1 Å². The second-order valence-electron chi connectivity index (χ2n) is 6.75. The molecule has 3 heteroatoms. The van der Waals surface area contributed by atoms with Crippen molar-refractivity contribution in [1.82, 2.24) is 10.6 Å². The average Bonchev–Trinajstić information content (AvgIpc) is 2.38. The zero-order valence-corrected chi connectivity index (χ0v) is 13.1. The smallest absolute Gasteiger partial charge is 0.221 e. The van der Waals surface area contributed by atoms with Crippen LogP contribution in [0.4, 0.5) is 0 Å². The van der Waals surface area contributed by atoms with Crippen LogP contribution >= 0.6 is 0 Å². The lowest BCUT2D eigenvalue weighted by molar-refractivity contribution is -0.122. The van der Waals surface area contributed by atoms with Gasteiger partial charge in [-0.1, -0.05) is 46.5 Å². The molecule has 0 aliphatic carbocycles. The molecule has 1 saturated heterocycles. The summed E-state index contributed by atoms with van der Waals surface area (Å²) in [6.45, 7) is 8.61. The van der Waals surface area contributed by atoms with E-state index < -0.39 is 0 Å². The molecule has 112 valence electrons. The fraction of sp³-hybridized carbons (Fsp3) is 0.938. The standard InChI is InChI=1S/C16H32N2O/c1-4-5-7-10-16(2,3)13-18-15(19)12-14-9-6-8-11-17-14/h14,17H,4-13H2,1-3H3,(H,18,19). The first-order chi connectivity index (χ1) is 9.03. The first kappa shape index (κ1) is 16.5. The van der Waals surface area contributed by atoms with E-state index in [1.54, 1.807) is 0 Å². The SMILES string of the molecule is CCCCCC(C)(C)CNC(=O)CC1CCCCN1. The van der Waals surface area contributed by atoms with E-state index in [-0.39, 0.29) is 11.3 Å². The Balaban J connectivity index is 2.17. The molecule has 0 radical (unpaired) electrons. The number of hydrogen-bond donors (Lipinski definition) is 2. The third-order valence-electron chi connectivity index (χ3n) is 4.07. The van der Waals surface area contributed by atoms with Gasteiger partial charge >= 0.3 is 0 Å². The number of hydrogen-bond acceptors (Lipinski definition) is 2. The Morgan fingerprint density at radius 2 is 2.11 bits per heavy atom. The maximum Gasteiger partial charge on any atom is 0.221 e. The van der Waals surface area contributed by atoms with Crippen LogP contribution in [0.2, 0.25) is 0 Å². The molecule has 3 nitrogen and oxygen atoms in total. The van der Waals surface area contributed by atoms with Gasteiger partial charge in [-0.05, 0) is 31.2 Å². The first-order valence-electron chi connectivity index (χ1n) is 8.03. The van der Waals surface area contributed by atoms with Crippen molar-refractivity contribution in [3.63, 3.8) is 0 Å². The third-order valence-corrected chi connectivity index (χ3v) is 4.07. The normalized spacial score (nSPS) is 20.3. The Bertz CT molecular complexity index is 257. The molecular formula is C16H32N2O. The second-order valence-corrected chi connectivity index (χ2v) is 6.75. The summed E-state index contributed by atoms with van der Waals surface area (Å²) in [5, 5.41) is 6.55. The van der Waals surface area contributed by atoms with Crippen LogP contribution in [0.25, 0.3) is 0 Å². The fourth-order valence-corrected chi connectivity index (χ4v) is 2.67. The largest absolute Gasteiger partial charge is 0.356 e. The van der Waals surface area contributed by atoms with Crippen molar-refractivity contribution < 1.29 is 4.79 Å². The van der Waals surface area contributed by atoms with Gasteiger partial charge in [0.15, 0.2) is 0 Å². The minimum Gasteiger partial charge on any atom is -0.356 e. The van der Waals surface area contributed by atoms with Crippen molar-refractivity contribution in [2.75, 3.05) is 13.1 Å². The fourth-order valence-electron chi connectivity index (χ4n) is 2.67. The summed E-state index contributed by atoms with van der Waals surface area (Å²) in [6, 6.07) is 0.400. The molecule has 0 bridgehead atoms.